The molecule has 2 unspecified atom stereocenters. The lowest BCUT2D eigenvalue weighted by molar-refractivity contribution is 0.0945. The minimum absolute atomic E-state index is 0.0314. The van der Waals surface area contributed by atoms with Crippen LogP contribution >= 0.6 is 0 Å². The summed E-state index contributed by atoms with van der Waals surface area (Å²) in [6.07, 6.45) is 2.48. The quantitative estimate of drug-likeness (QED) is 0.869. The molecular formula is C15H19NO3. The van der Waals surface area contributed by atoms with Gasteiger partial charge in [0.05, 0.1) is 19.3 Å². The van der Waals surface area contributed by atoms with Crippen LogP contribution in [0.3, 0.4) is 0 Å². The predicted octanol–water partition coefficient (Wildman–Crippen LogP) is 1.61. The Morgan fingerprint density at radius 3 is 2.95 bits per heavy atom. The Morgan fingerprint density at radius 1 is 1.32 bits per heavy atom. The molecule has 19 heavy (non-hydrogen) atoms. The fourth-order valence-electron chi connectivity index (χ4n) is 2.89. The van der Waals surface area contributed by atoms with E-state index < -0.39 is 0 Å². The number of hydrogen-bond donors (Lipinski definition) is 2. The zero-order valence-electron chi connectivity index (χ0n) is 10.9. The molecule has 0 bridgehead atoms. The smallest absolute Gasteiger partial charge is 0.251 e. The van der Waals surface area contributed by atoms with Crippen LogP contribution < -0.4 is 5.32 Å². The number of hydrogen-bond acceptors (Lipinski definition) is 3. The number of fused-ring (bicyclic) bond motifs is 1. The van der Waals surface area contributed by atoms with Crippen LogP contribution in [0, 0.1) is 5.92 Å². The largest absolute Gasteiger partial charge is 0.393 e. The van der Waals surface area contributed by atoms with Crippen molar-refractivity contribution in [2.75, 3.05) is 6.54 Å². The summed E-state index contributed by atoms with van der Waals surface area (Å²) in [7, 11) is 0. The number of aliphatic hydroxyl groups is 1. The molecular weight excluding hydrogens is 242 g/mol. The van der Waals surface area contributed by atoms with Gasteiger partial charge in [0.2, 0.25) is 0 Å². The van der Waals surface area contributed by atoms with E-state index in [0.29, 0.717) is 31.2 Å². The highest BCUT2D eigenvalue weighted by Gasteiger charge is 2.23. The highest BCUT2D eigenvalue weighted by atomic mass is 16.5. The summed E-state index contributed by atoms with van der Waals surface area (Å²) in [6, 6.07) is 5.74. The van der Waals surface area contributed by atoms with Crippen LogP contribution in [0.5, 0.6) is 0 Å². The van der Waals surface area contributed by atoms with Gasteiger partial charge in [-0.25, -0.2) is 0 Å². The maximum absolute atomic E-state index is 12.1. The van der Waals surface area contributed by atoms with Gasteiger partial charge in [0.1, 0.15) is 0 Å². The second-order valence-corrected chi connectivity index (χ2v) is 5.52. The van der Waals surface area contributed by atoms with Crippen LogP contribution in [0.1, 0.15) is 40.7 Å². The van der Waals surface area contributed by atoms with Gasteiger partial charge in [-0.3, -0.25) is 4.79 Å². The maximum atomic E-state index is 12.1. The standard InChI is InChI=1S/C15H19NO3/c17-14-4-1-10(5-14)7-16-15(18)11-2-3-12-8-19-9-13(12)6-11/h2-3,6,10,14,17H,1,4-5,7-9H2,(H,16,18). The van der Waals surface area contributed by atoms with Crippen molar-refractivity contribution in [1.82, 2.24) is 5.32 Å². The average molecular weight is 261 g/mol. The van der Waals surface area contributed by atoms with E-state index in [1.165, 1.54) is 5.56 Å². The minimum Gasteiger partial charge on any atom is -0.393 e. The topological polar surface area (TPSA) is 58.6 Å². The van der Waals surface area contributed by atoms with Crippen molar-refractivity contribution < 1.29 is 14.6 Å². The minimum atomic E-state index is -0.181. The summed E-state index contributed by atoms with van der Waals surface area (Å²) < 4.78 is 5.34. The number of ether oxygens (including phenoxy) is 1. The second kappa shape index (κ2) is 5.31. The Labute approximate surface area is 112 Å². The van der Waals surface area contributed by atoms with E-state index >= 15 is 0 Å². The SMILES string of the molecule is O=C(NCC1CCC(O)C1)c1ccc2c(c1)COC2. The van der Waals surface area contributed by atoms with E-state index in [2.05, 4.69) is 5.32 Å². The van der Waals surface area contributed by atoms with E-state index in [1.807, 2.05) is 18.2 Å². The first-order chi connectivity index (χ1) is 9.22. The van der Waals surface area contributed by atoms with E-state index in [0.717, 1.165) is 24.8 Å². The van der Waals surface area contributed by atoms with E-state index in [9.17, 15) is 9.90 Å². The second-order valence-electron chi connectivity index (χ2n) is 5.52. The molecule has 0 saturated heterocycles. The molecule has 2 atom stereocenters. The fraction of sp³-hybridized carbons (Fsp3) is 0.533. The number of rotatable bonds is 3. The summed E-state index contributed by atoms with van der Waals surface area (Å²) in [5, 5.41) is 12.4. The molecule has 1 aromatic rings. The van der Waals surface area contributed by atoms with Gasteiger partial charge in [-0.2, -0.15) is 0 Å². The van der Waals surface area contributed by atoms with Crippen molar-refractivity contribution in [1.29, 1.82) is 0 Å². The first-order valence-electron chi connectivity index (χ1n) is 6.88. The fourth-order valence-corrected chi connectivity index (χ4v) is 2.89. The molecule has 102 valence electrons. The summed E-state index contributed by atoms with van der Waals surface area (Å²) in [4.78, 5) is 12.1. The summed E-state index contributed by atoms with van der Waals surface area (Å²) in [6.45, 7) is 1.91. The number of amides is 1. The van der Waals surface area contributed by atoms with Gasteiger partial charge in [0.25, 0.3) is 5.91 Å². The maximum Gasteiger partial charge on any atom is 0.251 e. The number of nitrogens with one attached hydrogen (secondary N) is 1. The molecule has 1 amide bonds. The Morgan fingerprint density at radius 2 is 2.16 bits per heavy atom. The molecule has 2 aliphatic rings. The van der Waals surface area contributed by atoms with Crippen LogP contribution in [0.15, 0.2) is 18.2 Å². The molecule has 1 fully saturated rings. The van der Waals surface area contributed by atoms with Gasteiger partial charge in [-0.15, -0.1) is 0 Å². The monoisotopic (exact) mass is 261 g/mol. The molecule has 1 saturated carbocycles. The van der Waals surface area contributed by atoms with Crippen LogP contribution in [0.4, 0.5) is 0 Å². The van der Waals surface area contributed by atoms with E-state index in [1.54, 1.807) is 0 Å². The van der Waals surface area contributed by atoms with Gasteiger partial charge < -0.3 is 15.2 Å². The molecule has 0 spiro atoms. The lowest BCUT2D eigenvalue weighted by atomic mass is 10.1. The Hall–Kier alpha value is -1.39. The van der Waals surface area contributed by atoms with Crippen molar-refractivity contribution in [3.8, 4) is 0 Å². The van der Waals surface area contributed by atoms with Crippen molar-refractivity contribution in [2.24, 2.45) is 5.92 Å². The molecule has 1 aromatic carbocycles. The molecule has 2 N–H and O–H groups in total. The lowest BCUT2D eigenvalue weighted by Gasteiger charge is -2.11. The van der Waals surface area contributed by atoms with Gasteiger partial charge in [0, 0.05) is 12.1 Å². The first-order valence-corrected chi connectivity index (χ1v) is 6.88. The molecule has 4 nitrogen and oxygen atoms in total. The van der Waals surface area contributed by atoms with Gasteiger partial charge in [-0.1, -0.05) is 6.07 Å². The van der Waals surface area contributed by atoms with Gasteiger partial charge in [-0.05, 0) is 48.4 Å². The Bertz CT molecular complexity index is 486. The van der Waals surface area contributed by atoms with Crippen LogP contribution in [0.2, 0.25) is 0 Å². The van der Waals surface area contributed by atoms with Gasteiger partial charge >= 0.3 is 0 Å². The van der Waals surface area contributed by atoms with Crippen molar-refractivity contribution in [2.45, 2.75) is 38.6 Å². The van der Waals surface area contributed by atoms with Crippen molar-refractivity contribution in [3.05, 3.63) is 34.9 Å². The number of benzene rings is 1. The third-order valence-corrected chi connectivity index (χ3v) is 4.05. The zero-order chi connectivity index (χ0) is 13.2. The van der Waals surface area contributed by atoms with E-state index in [-0.39, 0.29) is 12.0 Å². The molecule has 1 aliphatic carbocycles. The molecule has 1 aliphatic heterocycles. The summed E-state index contributed by atoms with van der Waals surface area (Å²) in [5.74, 6) is 0.382. The molecule has 1 heterocycles. The first kappa shape index (κ1) is 12.6. The predicted molar refractivity (Wildman–Crippen MR) is 70.6 cm³/mol. The number of carbonyl (C=O) groups is 1. The normalized spacial score (nSPS) is 25.3. The number of aliphatic hydroxyl groups excluding tert-OH is 1. The molecule has 4 heteroatoms. The average Bonchev–Trinajstić information content (AvgIpc) is 3.03. The third kappa shape index (κ3) is 2.80. The van der Waals surface area contributed by atoms with Crippen LogP contribution in [-0.4, -0.2) is 23.7 Å². The summed E-state index contributed by atoms with van der Waals surface area (Å²) >= 11 is 0. The van der Waals surface area contributed by atoms with Crippen LogP contribution in [0.25, 0.3) is 0 Å². The highest BCUT2D eigenvalue weighted by Crippen LogP contribution is 2.25. The summed E-state index contributed by atoms with van der Waals surface area (Å²) in [5.41, 5.74) is 2.99. The number of carbonyl (C=O) groups excluding carboxylic acids is 1. The highest BCUT2D eigenvalue weighted by molar-refractivity contribution is 5.94. The van der Waals surface area contributed by atoms with Gasteiger partial charge in [0.15, 0.2) is 0 Å². The zero-order valence-corrected chi connectivity index (χ0v) is 10.9. The van der Waals surface area contributed by atoms with Crippen molar-refractivity contribution >= 4 is 5.91 Å². The lowest BCUT2D eigenvalue weighted by Crippen LogP contribution is -2.28. The molecule has 0 aromatic heterocycles. The molecule has 3 rings (SSSR count). The molecule has 0 radical (unpaired) electrons. The van der Waals surface area contributed by atoms with E-state index in [4.69, 9.17) is 4.74 Å². The third-order valence-electron chi connectivity index (χ3n) is 4.05. The Kier molecular flexibility index (Phi) is 3.53. The Balaban J connectivity index is 1.58. The van der Waals surface area contributed by atoms with Crippen molar-refractivity contribution in [3.63, 3.8) is 0 Å². The van der Waals surface area contributed by atoms with Crippen LogP contribution in [-0.2, 0) is 18.0 Å².